The Kier molecular flexibility index (Phi) is 7.21. The molecule has 196 valence electrons. The molecular weight excluding hydrogens is 500 g/mol. The zero-order valence-electron chi connectivity index (χ0n) is 21.4. The molecule has 7 heteroatoms. The van der Waals surface area contributed by atoms with Crippen molar-refractivity contribution in [1.82, 2.24) is 9.88 Å². The van der Waals surface area contributed by atoms with Gasteiger partial charge in [-0.2, -0.15) is 0 Å². The summed E-state index contributed by atoms with van der Waals surface area (Å²) >= 11 is 7.30. The largest absolute Gasteiger partial charge is 0.497 e. The summed E-state index contributed by atoms with van der Waals surface area (Å²) in [6, 6.07) is 10.5. The lowest BCUT2D eigenvalue weighted by Gasteiger charge is -2.56. The van der Waals surface area contributed by atoms with Gasteiger partial charge in [0.25, 0.3) is 5.91 Å². The van der Waals surface area contributed by atoms with E-state index in [9.17, 15) is 9.90 Å². The second-order valence-electron chi connectivity index (χ2n) is 11.4. The standard InChI is InChI=1S/C30H36N2O3S2/c1-35-24-8-5-7-20(15-24)25-16-21(6-3-2-4-9-33)26(31-25)17-27-29(34)32(30(36)37-27)28-22-11-18-10-19(13-22)14-23(28)12-18/h5,7-8,15-19,22-23,28,31,33H,2-4,6,9-14H2,1H3/b27-17-. The van der Waals surface area contributed by atoms with Crippen LogP contribution in [0.1, 0.15) is 62.6 Å². The van der Waals surface area contributed by atoms with Crippen LogP contribution in [0.15, 0.2) is 35.2 Å². The number of amides is 1. The quantitative estimate of drug-likeness (QED) is 0.220. The average Bonchev–Trinajstić information content (AvgIpc) is 3.42. The van der Waals surface area contributed by atoms with Gasteiger partial charge in [0.1, 0.15) is 10.1 Å². The molecule has 2 heterocycles. The molecule has 7 rings (SSSR count). The van der Waals surface area contributed by atoms with Crippen molar-refractivity contribution in [2.45, 2.75) is 63.8 Å². The Balaban J connectivity index is 1.28. The monoisotopic (exact) mass is 536 g/mol. The minimum Gasteiger partial charge on any atom is -0.497 e. The van der Waals surface area contributed by atoms with Crippen molar-refractivity contribution >= 4 is 40.3 Å². The SMILES string of the molecule is COc1cccc(-c2cc(CCCCCO)c(/C=C3\SC(=S)N(C4C5CC6CC(C5)CC4C6)C3=O)[nH]2)c1. The number of aryl methyl sites for hydroxylation is 1. The first-order valence-electron chi connectivity index (χ1n) is 13.8. The van der Waals surface area contributed by atoms with Gasteiger partial charge < -0.3 is 14.8 Å². The third-order valence-corrected chi connectivity index (χ3v) is 10.3. The van der Waals surface area contributed by atoms with Crippen molar-refractivity contribution in [1.29, 1.82) is 0 Å². The molecule has 2 aromatic rings. The Labute approximate surface area is 229 Å². The fourth-order valence-corrected chi connectivity index (χ4v) is 8.91. The number of aromatic nitrogens is 1. The molecule has 0 atom stereocenters. The summed E-state index contributed by atoms with van der Waals surface area (Å²) in [5, 5.41) is 9.19. The highest BCUT2D eigenvalue weighted by Crippen LogP contribution is 2.56. The lowest BCUT2D eigenvalue weighted by Crippen LogP contribution is -2.57. The third-order valence-electron chi connectivity index (χ3n) is 8.99. The summed E-state index contributed by atoms with van der Waals surface area (Å²) < 4.78 is 6.17. The number of aliphatic hydroxyl groups is 1. The van der Waals surface area contributed by atoms with Crippen molar-refractivity contribution in [3.63, 3.8) is 0 Å². The zero-order chi connectivity index (χ0) is 25.5. The number of nitrogens with zero attached hydrogens (tertiary/aromatic N) is 1. The number of benzene rings is 1. The average molecular weight is 537 g/mol. The van der Waals surface area contributed by atoms with E-state index in [-0.39, 0.29) is 12.5 Å². The van der Waals surface area contributed by atoms with Crippen molar-refractivity contribution in [2.24, 2.45) is 23.7 Å². The molecule has 5 fully saturated rings. The second-order valence-corrected chi connectivity index (χ2v) is 13.0. The van der Waals surface area contributed by atoms with Crippen LogP contribution in [0.4, 0.5) is 0 Å². The molecule has 1 aliphatic heterocycles. The zero-order valence-corrected chi connectivity index (χ0v) is 23.1. The van der Waals surface area contributed by atoms with E-state index in [1.165, 1.54) is 49.4 Å². The van der Waals surface area contributed by atoms with Gasteiger partial charge in [-0.3, -0.25) is 9.69 Å². The van der Waals surface area contributed by atoms with Crippen molar-refractivity contribution in [3.05, 3.63) is 46.5 Å². The van der Waals surface area contributed by atoms with Gasteiger partial charge in [-0.05, 0) is 105 Å². The van der Waals surface area contributed by atoms with Gasteiger partial charge in [0.2, 0.25) is 0 Å². The number of nitrogens with one attached hydrogen (secondary N) is 1. The molecule has 5 aliphatic rings. The molecule has 1 aromatic carbocycles. The molecular formula is C30H36N2O3S2. The fourth-order valence-electron chi connectivity index (χ4n) is 7.59. The number of aliphatic hydroxyl groups excluding tert-OH is 1. The molecule has 0 unspecified atom stereocenters. The normalized spacial score (nSPS) is 29.6. The molecule has 0 radical (unpaired) electrons. The topological polar surface area (TPSA) is 65.6 Å². The minimum atomic E-state index is 0.0937. The molecule has 2 N–H and O–H groups in total. The van der Waals surface area contributed by atoms with Crippen LogP contribution < -0.4 is 4.74 Å². The Hall–Kier alpha value is -2.09. The first kappa shape index (κ1) is 25.2. The molecule has 5 nitrogen and oxygen atoms in total. The first-order valence-corrected chi connectivity index (χ1v) is 15.0. The van der Waals surface area contributed by atoms with Crippen LogP contribution in [0.25, 0.3) is 17.3 Å². The Bertz CT molecular complexity index is 1190. The highest BCUT2D eigenvalue weighted by atomic mass is 32.2. The molecule has 1 saturated heterocycles. The number of rotatable bonds is 9. The van der Waals surface area contributed by atoms with Crippen molar-refractivity contribution in [2.75, 3.05) is 13.7 Å². The number of methoxy groups -OCH3 is 1. The minimum absolute atomic E-state index is 0.0937. The number of thiocarbonyl (C=S) groups is 1. The predicted molar refractivity (Wildman–Crippen MR) is 153 cm³/mol. The fraction of sp³-hybridized carbons (Fsp3) is 0.533. The van der Waals surface area contributed by atoms with Gasteiger partial charge in [-0.25, -0.2) is 0 Å². The highest BCUT2D eigenvalue weighted by Gasteiger charge is 2.53. The number of hydrogen-bond acceptors (Lipinski definition) is 5. The predicted octanol–water partition coefficient (Wildman–Crippen LogP) is 6.42. The molecule has 4 aliphatic carbocycles. The van der Waals surface area contributed by atoms with E-state index in [0.29, 0.717) is 17.9 Å². The Morgan fingerprint density at radius 2 is 1.86 bits per heavy atom. The van der Waals surface area contributed by atoms with E-state index in [4.69, 9.17) is 17.0 Å². The van der Waals surface area contributed by atoms with Crippen molar-refractivity contribution < 1.29 is 14.6 Å². The summed E-state index contributed by atoms with van der Waals surface area (Å²) in [6.45, 7) is 0.224. The highest BCUT2D eigenvalue weighted by molar-refractivity contribution is 8.26. The summed E-state index contributed by atoms with van der Waals surface area (Å²) in [5.41, 5.74) is 4.23. The van der Waals surface area contributed by atoms with Crippen LogP contribution in [0.5, 0.6) is 5.75 Å². The van der Waals surface area contributed by atoms with Crippen LogP contribution in [-0.4, -0.2) is 45.0 Å². The van der Waals surface area contributed by atoms with Crippen LogP contribution >= 0.6 is 24.0 Å². The number of thioether (sulfide) groups is 1. The lowest BCUT2D eigenvalue weighted by atomic mass is 9.54. The number of ether oxygens (including phenoxy) is 1. The summed E-state index contributed by atoms with van der Waals surface area (Å²) in [4.78, 5) is 20.1. The smallest absolute Gasteiger partial charge is 0.266 e. The van der Waals surface area contributed by atoms with Gasteiger partial charge in [0.05, 0.1) is 12.0 Å². The maximum Gasteiger partial charge on any atom is 0.266 e. The van der Waals surface area contributed by atoms with Gasteiger partial charge in [-0.15, -0.1) is 0 Å². The first-order chi connectivity index (χ1) is 18.0. The Morgan fingerprint density at radius 1 is 1.11 bits per heavy atom. The van der Waals surface area contributed by atoms with E-state index in [1.54, 1.807) is 7.11 Å². The summed E-state index contributed by atoms with van der Waals surface area (Å²) in [5.74, 6) is 3.88. The van der Waals surface area contributed by atoms with Crippen LogP contribution in [-0.2, 0) is 11.2 Å². The van der Waals surface area contributed by atoms with Crippen LogP contribution in [0.3, 0.4) is 0 Å². The second kappa shape index (κ2) is 10.6. The van der Waals surface area contributed by atoms with Crippen molar-refractivity contribution in [3.8, 4) is 17.0 Å². The molecule has 0 spiro atoms. The maximum absolute atomic E-state index is 13.8. The van der Waals surface area contributed by atoms with E-state index in [0.717, 1.165) is 69.4 Å². The molecule has 37 heavy (non-hydrogen) atoms. The van der Waals surface area contributed by atoms with E-state index in [1.807, 2.05) is 29.2 Å². The number of H-pyrrole nitrogens is 1. The van der Waals surface area contributed by atoms with Gasteiger partial charge in [0.15, 0.2) is 0 Å². The number of hydrogen-bond donors (Lipinski definition) is 2. The van der Waals surface area contributed by atoms with E-state index >= 15 is 0 Å². The number of unbranched alkanes of at least 4 members (excludes halogenated alkanes) is 2. The molecule has 4 saturated carbocycles. The third kappa shape index (κ3) is 4.90. The molecule has 1 aromatic heterocycles. The maximum atomic E-state index is 13.8. The summed E-state index contributed by atoms with van der Waals surface area (Å²) in [6.07, 6.45) is 12.2. The number of carbonyl (C=O) groups is 1. The van der Waals surface area contributed by atoms with Crippen LogP contribution in [0, 0.1) is 23.7 Å². The van der Waals surface area contributed by atoms with Crippen LogP contribution in [0.2, 0.25) is 0 Å². The lowest BCUT2D eigenvalue weighted by molar-refractivity contribution is -0.130. The summed E-state index contributed by atoms with van der Waals surface area (Å²) in [7, 11) is 1.68. The van der Waals surface area contributed by atoms with Gasteiger partial charge in [0, 0.05) is 29.6 Å². The number of carbonyl (C=O) groups excluding carboxylic acids is 1. The van der Waals surface area contributed by atoms with E-state index < -0.39 is 0 Å². The Morgan fingerprint density at radius 3 is 2.57 bits per heavy atom. The number of aromatic amines is 1. The molecule has 4 bridgehead atoms. The van der Waals surface area contributed by atoms with Gasteiger partial charge in [-0.1, -0.05) is 42.5 Å². The molecule has 1 amide bonds. The van der Waals surface area contributed by atoms with Gasteiger partial charge >= 0.3 is 0 Å². The van der Waals surface area contributed by atoms with E-state index in [2.05, 4.69) is 17.1 Å².